The summed E-state index contributed by atoms with van der Waals surface area (Å²) in [7, 11) is 0. The van der Waals surface area contributed by atoms with E-state index < -0.39 is 6.04 Å². The van der Waals surface area contributed by atoms with Gasteiger partial charge in [-0.15, -0.1) is 24.8 Å². The molecule has 0 saturated carbocycles. The van der Waals surface area contributed by atoms with Crippen LogP contribution in [0.25, 0.3) is 11.4 Å². The molecular weight excluding hydrogens is 365 g/mol. The number of nitrogens with zero attached hydrogens (tertiary/aromatic N) is 3. The lowest BCUT2D eigenvalue weighted by Gasteiger charge is -2.20. The zero-order chi connectivity index (χ0) is 16.8. The highest BCUT2D eigenvalue weighted by Crippen LogP contribution is 2.23. The zero-order valence-corrected chi connectivity index (χ0v) is 16.1. The molecule has 0 aliphatic rings. The van der Waals surface area contributed by atoms with Crippen molar-refractivity contribution in [3.05, 3.63) is 30.4 Å². The maximum Gasteiger partial charge on any atom is 0.249 e. The number of pyridine rings is 1. The van der Waals surface area contributed by atoms with Crippen molar-refractivity contribution in [1.82, 2.24) is 20.4 Å². The smallest absolute Gasteiger partial charge is 0.249 e. The average molecular weight is 390 g/mol. The Hall–Kier alpha value is -1.70. The van der Waals surface area contributed by atoms with E-state index in [1.165, 1.54) is 0 Å². The molecule has 2 unspecified atom stereocenters. The molecule has 7 nitrogen and oxygen atoms in total. The van der Waals surface area contributed by atoms with Gasteiger partial charge in [-0.05, 0) is 24.5 Å². The highest BCUT2D eigenvalue weighted by Gasteiger charge is 2.26. The van der Waals surface area contributed by atoms with E-state index in [4.69, 9.17) is 10.3 Å². The Bertz CT molecular complexity index is 636. The van der Waals surface area contributed by atoms with Crippen molar-refractivity contribution < 1.29 is 9.32 Å². The van der Waals surface area contributed by atoms with E-state index >= 15 is 0 Å². The number of amides is 1. The van der Waals surface area contributed by atoms with E-state index in [1.54, 1.807) is 24.5 Å². The summed E-state index contributed by atoms with van der Waals surface area (Å²) in [6.45, 7) is 5.95. The third-order valence-electron chi connectivity index (χ3n) is 3.55. The largest absolute Gasteiger partial charge is 0.343 e. The van der Waals surface area contributed by atoms with Gasteiger partial charge >= 0.3 is 0 Å². The fourth-order valence-corrected chi connectivity index (χ4v) is 2.20. The van der Waals surface area contributed by atoms with Crippen molar-refractivity contribution in [1.29, 1.82) is 0 Å². The Labute approximate surface area is 160 Å². The molecule has 0 aromatic carbocycles. The van der Waals surface area contributed by atoms with Crippen molar-refractivity contribution in [2.24, 2.45) is 11.7 Å². The molecule has 0 bridgehead atoms. The van der Waals surface area contributed by atoms with E-state index in [-0.39, 0.29) is 42.7 Å². The minimum Gasteiger partial charge on any atom is -0.343 e. The number of aromatic nitrogens is 3. The summed E-state index contributed by atoms with van der Waals surface area (Å²) in [5, 5.41) is 6.89. The summed E-state index contributed by atoms with van der Waals surface area (Å²) >= 11 is 0. The SMILES string of the molecule is CCCC(N)C(=O)NC(c1nc(-c2ccncc2)no1)C(C)C.Cl.Cl. The monoisotopic (exact) mass is 389 g/mol. The number of halogens is 2. The summed E-state index contributed by atoms with van der Waals surface area (Å²) in [4.78, 5) is 20.5. The maximum absolute atomic E-state index is 12.2. The van der Waals surface area contributed by atoms with Gasteiger partial charge in [-0.2, -0.15) is 4.98 Å². The normalized spacial score (nSPS) is 12.7. The molecule has 25 heavy (non-hydrogen) atoms. The van der Waals surface area contributed by atoms with Crippen LogP contribution in [-0.2, 0) is 4.79 Å². The Kier molecular flexibility index (Phi) is 10.3. The number of nitrogens with two attached hydrogens (primary N) is 1. The Morgan fingerprint density at radius 2 is 1.92 bits per heavy atom. The molecule has 2 aromatic rings. The van der Waals surface area contributed by atoms with Crippen LogP contribution < -0.4 is 11.1 Å². The minimum absolute atomic E-state index is 0. The van der Waals surface area contributed by atoms with E-state index in [9.17, 15) is 4.79 Å². The Balaban J connectivity index is 0.00000288. The van der Waals surface area contributed by atoms with Crippen LogP contribution in [0.5, 0.6) is 0 Å². The van der Waals surface area contributed by atoms with Gasteiger partial charge in [-0.25, -0.2) is 0 Å². The van der Waals surface area contributed by atoms with Gasteiger partial charge in [0.1, 0.15) is 6.04 Å². The van der Waals surface area contributed by atoms with Crippen LogP contribution in [0.1, 0.15) is 45.5 Å². The van der Waals surface area contributed by atoms with Gasteiger partial charge in [-0.3, -0.25) is 9.78 Å². The molecule has 0 fully saturated rings. The zero-order valence-electron chi connectivity index (χ0n) is 14.5. The number of rotatable bonds is 7. The number of hydrogen-bond acceptors (Lipinski definition) is 6. The van der Waals surface area contributed by atoms with Crippen molar-refractivity contribution in [3.8, 4) is 11.4 Å². The predicted molar refractivity (Wildman–Crippen MR) is 101 cm³/mol. The molecule has 0 saturated heterocycles. The molecule has 0 aliphatic heterocycles. The summed E-state index contributed by atoms with van der Waals surface area (Å²) in [6, 6.07) is 2.71. The number of carbonyl (C=O) groups is 1. The third-order valence-corrected chi connectivity index (χ3v) is 3.55. The van der Waals surface area contributed by atoms with E-state index in [0.717, 1.165) is 12.0 Å². The fourth-order valence-electron chi connectivity index (χ4n) is 2.20. The molecule has 2 rings (SSSR count). The Morgan fingerprint density at radius 1 is 1.28 bits per heavy atom. The summed E-state index contributed by atoms with van der Waals surface area (Å²) in [6.07, 6.45) is 4.82. The summed E-state index contributed by atoms with van der Waals surface area (Å²) < 4.78 is 5.35. The number of nitrogens with one attached hydrogen (secondary N) is 1. The van der Waals surface area contributed by atoms with Crippen LogP contribution in [0.3, 0.4) is 0 Å². The first-order valence-electron chi connectivity index (χ1n) is 7.82. The maximum atomic E-state index is 12.2. The quantitative estimate of drug-likeness (QED) is 0.753. The van der Waals surface area contributed by atoms with Crippen LogP contribution in [0.15, 0.2) is 29.0 Å². The standard InChI is InChI=1S/C16H23N5O2.2ClH/c1-4-5-12(17)15(22)19-13(10(2)3)16-20-14(21-23-16)11-6-8-18-9-7-11;;/h6-10,12-13H,4-5,17H2,1-3H3,(H,19,22);2*1H. The molecule has 0 radical (unpaired) electrons. The summed E-state index contributed by atoms with van der Waals surface area (Å²) in [5.41, 5.74) is 6.68. The molecule has 3 N–H and O–H groups in total. The van der Waals surface area contributed by atoms with Gasteiger partial charge in [0.25, 0.3) is 0 Å². The molecule has 0 aliphatic carbocycles. The second-order valence-corrected chi connectivity index (χ2v) is 5.82. The highest BCUT2D eigenvalue weighted by atomic mass is 35.5. The lowest BCUT2D eigenvalue weighted by Crippen LogP contribution is -2.43. The predicted octanol–water partition coefficient (Wildman–Crippen LogP) is 2.92. The number of carbonyl (C=O) groups excluding carboxylic acids is 1. The minimum atomic E-state index is -0.524. The van der Waals surface area contributed by atoms with Crippen molar-refractivity contribution in [3.63, 3.8) is 0 Å². The van der Waals surface area contributed by atoms with Crippen LogP contribution in [0.4, 0.5) is 0 Å². The van der Waals surface area contributed by atoms with E-state index in [2.05, 4.69) is 20.4 Å². The van der Waals surface area contributed by atoms with E-state index in [1.807, 2.05) is 20.8 Å². The van der Waals surface area contributed by atoms with Gasteiger partial charge in [0.2, 0.25) is 17.6 Å². The first-order valence-corrected chi connectivity index (χ1v) is 7.82. The lowest BCUT2D eigenvalue weighted by molar-refractivity contribution is -0.123. The average Bonchev–Trinajstić information content (AvgIpc) is 3.02. The molecule has 9 heteroatoms. The van der Waals surface area contributed by atoms with Crippen LogP contribution >= 0.6 is 24.8 Å². The van der Waals surface area contributed by atoms with Gasteiger partial charge < -0.3 is 15.6 Å². The second-order valence-electron chi connectivity index (χ2n) is 5.82. The molecule has 2 atom stereocenters. The van der Waals surface area contributed by atoms with Gasteiger partial charge in [0.05, 0.1) is 6.04 Å². The fraction of sp³-hybridized carbons (Fsp3) is 0.500. The lowest BCUT2D eigenvalue weighted by atomic mass is 10.0. The van der Waals surface area contributed by atoms with Gasteiger partial charge in [0, 0.05) is 18.0 Å². The Morgan fingerprint density at radius 3 is 2.48 bits per heavy atom. The number of hydrogen-bond donors (Lipinski definition) is 2. The van der Waals surface area contributed by atoms with Gasteiger partial charge in [-0.1, -0.05) is 32.3 Å². The molecule has 2 aromatic heterocycles. The highest BCUT2D eigenvalue weighted by molar-refractivity contribution is 5.85. The molecule has 140 valence electrons. The third kappa shape index (κ3) is 6.26. The first kappa shape index (κ1) is 23.3. The van der Waals surface area contributed by atoms with Crippen molar-refractivity contribution >= 4 is 30.7 Å². The van der Waals surface area contributed by atoms with Gasteiger partial charge in [0.15, 0.2) is 0 Å². The van der Waals surface area contributed by atoms with Crippen molar-refractivity contribution in [2.75, 3.05) is 0 Å². The molecule has 2 heterocycles. The molecule has 1 amide bonds. The topological polar surface area (TPSA) is 107 Å². The summed E-state index contributed by atoms with van der Waals surface area (Å²) in [5.74, 6) is 0.747. The second kappa shape index (κ2) is 11.0. The molecular formula is C16H25Cl2N5O2. The van der Waals surface area contributed by atoms with E-state index in [0.29, 0.717) is 18.1 Å². The van der Waals surface area contributed by atoms with Crippen molar-refractivity contribution in [2.45, 2.75) is 45.7 Å². The first-order chi connectivity index (χ1) is 11.0. The van der Waals surface area contributed by atoms with Crippen LogP contribution in [-0.4, -0.2) is 27.1 Å². The van der Waals surface area contributed by atoms with Crippen LogP contribution in [0.2, 0.25) is 0 Å². The van der Waals surface area contributed by atoms with Crippen LogP contribution in [0, 0.1) is 5.92 Å². The molecule has 0 spiro atoms.